The highest BCUT2D eigenvalue weighted by atomic mass is 16.6. The first-order valence-electron chi connectivity index (χ1n) is 8.07. The molecule has 0 heterocycles. The highest BCUT2D eigenvalue weighted by Crippen LogP contribution is 2.15. The molecule has 3 aromatic rings. The second kappa shape index (κ2) is 8.48. The van der Waals surface area contributed by atoms with Crippen molar-refractivity contribution in [2.24, 2.45) is 0 Å². The third kappa shape index (κ3) is 4.70. The van der Waals surface area contributed by atoms with E-state index in [0.717, 1.165) is 10.5 Å². The van der Waals surface area contributed by atoms with Gasteiger partial charge in [-0.15, -0.1) is 0 Å². The van der Waals surface area contributed by atoms with E-state index in [9.17, 15) is 9.59 Å². The van der Waals surface area contributed by atoms with Gasteiger partial charge in [0.1, 0.15) is 11.5 Å². The Balaban J connectivity index is 1.78. The summed E-state index contributed by atoms with van der Waals surface area (Å²) in [6, 6.07) is 26.3. The normalized spacial score (nSPS) is 10.0. The van der Waals surface area contributed by atoms with Crippen LogP contribution in [0, 0.1) is 0 Å². The molecule has 0 bridgehead atoms. The number of para-hydroxylation sites is 2. The predicted octanol–water partition coefficient (Wildman–Crippen LogP) is 4.89. The number of benzene rings is 3. The Kier molecular flexibility index (Phi) is 5.62. The minimum Gasteiger partial charge on any atom is -0.410 e. The van der Waals surface area contributed by atoms with E-state index < -0.39 is 12.2 Å². The van der Waals surface area contributed by atoms with E-state index in [0.29, 0.717) is 11.5 Å². The molecule has 3 rings (SSSR count). The van der Waals surface area contributed by atoms with Gasteiger partial charge in [-0.2, -0.15) is 0 Å². The summed E-state index contributed by atoms with van der Waals surface area (Å²) < 4.78 is 10.6. The first kappa shape index (κ1) is 17.2. The summed E-state index contributed by atoms with van der Waals surface area (Å²) in [7, 11) is 0. The van der Waals surface area contributed by atoms with Crippen LogP contribution in [0.25, 0.3) is 0 Å². The Morgan fingerprint density at radius 1 is 0.615 bits per heavy atom. The maximum Gasteiger partial charge on any atom is 0.425 e. The maximum absolute atomic E-state index is 12.6. The van der Waals surface area contributed by atoms with Crippen molar-refractivity contribution in [3.05, 3.63) is 96.6 Å². The van der Waals surface area contributed by atoms with Crippen molar-refractivity contribution < 1.29 is 19.1 Å². The van der Waals surface area contributed by atoms with Crippen molar-refractivity contribution in [2.75, 3.05) is 0 Å². The Morgan fingerprint density at radius 3 is 1.42 bits per heavy atom. The molecule has 0 atom stereocenters. The Morgan fingerprint density at radius 2 is 1.00 bits per heavy atom. The number of ether oxygens (including phenoxy) is 2. The van der Waals surface area contributed by atoms with Gasteiger partial charge in [-0.1, -0.05) is 66.7 Å². The van der Waals surface area contributed by atoms with Crippen LogP contribution in [0.5, 0.6) is 11.5 Å². The Labute approximate surface area is 151 Å². The number of hydrogen-bond donors (Lipinski definition) is 0. The Hall–Kier alpha value is -3.60. The fourth-order valence-electron chi connectivity index (χ4n) is 2.26. The summed E-state index contributed by atoms with van der Waals surface area (Å²) in [5, 5.41) is 0. The van der Waals surface area contributed by atoms with Crippen molar-refractivity contribution in [2.45, 2.75) is 6.54 Å². The summed E-state index contributed by atoms with van der Waals surface area (Å²) in [6.07, 6.45) is -1.61. The van der Waals surface area contributed by atoms with Crippen LogP contribution in [0.3, 0.4) is 0 Å². The summed E-state index contributed by atoms with van der Waals surface area (Å²) in [4.78, 5) is 26.0. The van der Waals surface area contributed by atoms with Crippen LogP contribution >= 0.6 is 0 Å². The van der Waals surface area contributed by atoms with Gasteiger partial charge in [0.2, 0.25) is 0 Å². The first-order chi connectivity index (χ1) is 12.7. The van der Waals surface area contributed by atoms with Gasteiger partial charge in [-0.25, -0.2) is 14.5 Å². The van der Waals surface area contributed by atoms with E-state index in [-0.39, 0.29) is 6.54 Å². The van der Waals surface area contributed by atoms with Crippen molar-refractivity contribution in [1.29, 1.82) is 0 Å². The summed E-state index contributed by atoms with van der Waals surface area (Å²) in [6.45, 7) is 0.0399. The molecule has 0 fully saturated rings. The fourth-order valence-corrected chi connectivity index (χ4v) is 2.26. The molecule has 0 spiro atoms. The van der Waals surface area contributed by atoms with E-state index >= 15 is 0 Å². The molecule has 26 heavy (non-hydrogen) atoms. The molecule has 0 aromatic heterocycles. The zero-order chi connectivity index (χ0) is 18.2. The first-order valence-corrected chi connectivity index (χ1v) is 8.07. The molecule has 0 N–H and O–H groups in total. The number of carbonyl (C=O) groups excluding carboxylic acids is 2. The zero-order valence-electron chi connectivity index (χ0n) is 13.9. The van der Waals surface area contributed by atoms with Crippen molar-refractivity contribution in [3.63, 3.8) is 0 Å². The molecule has 0 aliphatic heterocycles. The van der Waals surface area contributed by atoms with Gasteiger partial charge in [0, 0.05) is 0 Å². The van der Waals surface area contributed by atoms with Gasteiger partial charge in [0.25, 0.3) is 0 Å². The lowest BCUT2D eigenvalue weighted by atomic mass is 10.2. The van der Waals surface area contributed by atoms with Crippen LogP contribution < -0.4 is 9.47 Å². The molecule has 3 aromatic carbocycles. The summed E-state index contributed by atoms with van der Waals surface area (Å²) >= 11 is 0. The number of amides is 2. The largest absolute Gasteiger partial charge is 0.425 e. The monoisotopic (exact) mass is 347 g/mol. The smallest absolute Gasteiger partial charge is 0.410 e. The lowest BCUT2D eigenvalue weighted by Crippen LogP contribution is -2.40. The number of rotatable bonds is 4. The number of carbonyl (C=O) groups is 2. The molecule has 130 valence electrons. The standard InChI is InChI=1S/C21H17NO4/c23-20(25-18-12-6-2-7-13-18)22(16-17-10-4-1-5-11-17)21(24)26-19-14-8-3-9-15-19/h1-15H,16H2. The average Bonchev–Trinajstić information content (AvgIpc) is 2.68. The molecular formula is C21H17NO4. The maximum atomic E-state index is 12.6. The SMILES string of the molecule is O=C(Oc1ccccc1)N(Cc1ccccc1)C(=O)Oc1ccccc1. The van der Waals surface area contributed by atoms with E-state index in [1.54, 1.807) is 48.5 Å². The minimum atomic E-state index is -0.805. The zero-order valence-corrected chi connectivity index (χ0v) is 13.9. The lowest BCUT2D eigenvalue weighted by Gasteiger charge is -2.20. The summed E-state index contributed by atoms with van der Waals surface area (Å²) in [5.41, 5.74) is 0.780. The third-order valence-electron chi connectivity index (χ3n) is 3.52. The third-order valence-corrected chi connectivity index (χ3v) is 3.52. The van der Waals surface area contributed by atoms with E-state index in [1.807, 2.05) is 42.5 Å². The van der Waals surface area contributed by atoms with E-state index in [4.69, 9.17) is 9.47 Å². The summed E-state index contributed by atoms with van der Waals surface area (Å²) in [5.74, 6) is 0.700. The highest BCUT2D eigenvalue weighted by Gasteiger charge is 2.26. The lowest BCUT2D eigenvalue weighted by molar-refractivity contribution is 0.129. The van der Waals surface area contributed by atoms with Crippen LogP contribution in [-0.2, 0) is 6.54 Å². The molecule has 0 saturated carbocycles. The van der Waals surface area contributed by atoms with Gasteiger partial charge >= 0.3 is 12.2 Å². The fraction of sp³-hybridized carbons (Fsp3) is 0.0476. The molecule has 0 unspecified atom stereocenters. The molecule has 2 amide bonds. The minimum absolute atomic E-state index is 0.0399. The van der Waals surface area contributed by atoms with Gasteiger partial charge in [-0.3, -0.25) is 0 Å². The van der Waals surface area contributed by atoms with Crippen LogP contribution in [-0.4, -0.2) is 17.1 Å². The predicted molar refractivity (Wildman–Crippen MR) is 96.9 cm³/mol. The molecular weight excluding hydrogens is 330 g/mol. The Bertz CT molecular complexity index is 797. The molecule has 0 aliphatic carbocycles. The van der Waals surface area contributed by atoms with Gasteiger partial charge in [0.05, 0.1) is 6.54 Å². The van der Waals surface area contributed by atoms with Crippen LogP contribution in [0.15, 0.2) is 91.0 Å². The van der Waals surface area contributed by atoms with E-state index in [1.165, 1.54) is 0 Å². The number of hydrogen-bond acceptors (Lipinski definition) is 4. The second-order valence-electron chi connectivity index (χ2n) is 5.43. The number of nitrogens with zero attached hydrogens (tertiary/aromatic N) is 1. The molecule has 0 radical (unpaired) electrons. The molecule has 0 aliphatic rings. The average molecular weight is 347 g/mol. The molecule has 0 saturated heterocycles. The van der Waals surface area contributed by atoms with Crippen LogP contribution in [0.1, 0.15) is 5.56 Å². The van der Waals surface area contributed by atoms with Gasteiger partial charge in [-0.05, 0) is 29.8 Å². The molecule has 5 heteroatoms. The highest BCUT2D eigenvalue weighted by molar-refractivity contribution is 5.89. The van der Waals surface area contributed by atoms with Gasteiger partial charge in [0.15, 0.2) is 0 Å². The van der Waals surface area contributed by atoms with Crippen LogP contribution in [0.2, 0.25) is 0 Å². The van der Waals surface area contributed by atoms with Crippen molar-refractivity contribution in [3.8, 4) is 11.5 Å². The number of imide groups is 1. The van der Waals surface area contributed by atoms with Crippen molar-refractivity contribution >= 4 is 12.2 Å². The van der Waals surface area contributed by atoms with Crippen LogP contribution in [0.4, 0.5) is 9.59 Å². The molecule has 5 nitrogen and oxygen atoms in total. The van der Waals surface area contributed by atoms with Crippen molar-refractivity contribution in [1.82, 2.24) is 4.90 Å². The van der Waals surface area contributed by atoms with E-state index in [2.05, 4.69) is 0 Å². The second-order valence-corrected chi connectivity index (χ2v) is 5.43. The topological polar surface area (TPSA) is 55.8 Å². The quantitative estimate of drug-likeness (QED) is 0.674. The van der Waals surface area contributed by atoms with Gasteiger partial charge < -0.3 is 9.47 Å².